The van der Waals surface area contributed by atoms with E-state index in [1.54, 1.807) is 0 Å². The molecule has 0 bridgehead atoms. The van der Waals surface area contributed by atoms with Crippen molar-refractivity contribution < 1.29 is 18.5 Å². The molecule has 5 nitrogen and oxygen atoms in total. The van der Waals surface area contributed by atoms with Gasteiger partial charge in [0.05, 0.1) is 22.4 Å². The van der Waals surface area contributed by atoms with Crippen molar-refractivity contribution in [1.29, 1.82) is 0 Å². The maximum atomic E-state index is 13.9. The minimum absolute atomic E-state index is 0.104. The van der Waals surface area contributed by atoms with Crippen LogP contribution >= 0.6 is 0 Å². The molecule has 108 valence electrons. The Kier molecular flexibility index (Phi) is 3.60. The predicted octanol–water partition coefficient (Wildman–Crippen LogP) is 0.879. The van der Waals surface area contributed by atoms with Crippen molar-refractivity contribution in [3.05, 3.63) is 23.6 Å². The average molecular weight is 280 g/mol. The van der Waals surface area contributed by atoms with Crippen LogP contribution in [0.4, 0.5) is 4.39 Å². The second kappa shape index (κ2) is 4.82. The fourth-order valence-corrected chi connectivity index (χ4v) is 1.84. The Hall–Kier alpha value is -1.47. The van der Waals surface area contributed by atoms with Crippen molar-refractivity contribution in [3.8, 4) is 0 Å². The number of carbonyl (C=O) groups excluding carboxylic acids is 1. The summed E-state index contributed by atoms with van der Waals surface area (Å²) in [5.41, 5.74) is -0.827. The van der Waals surface area contributed by atoms with Crippen LogP contribution in [0, 0.1) is 5.82 Å². The Morgan fingerprint density at radius 1 is 1.30 bits per heavy atom. The van der Waals surface area contributed by atoms with E-state index in [1.165, 1.54) is 19.3 Å². The summed E-state index contributed by atoms with van der Waals surface area (Å²) in [5, 5.41) is 2.36. The SMILES string of the molecule is CNC(=O)c1cnc(B2OC(C)(C)C(C)(C)O2)cc1F. The van der Waals surface area contributed by atoms with Crippen LogP contribution in [-0.2, 0) is 9.31 Å². The van der Waals surface area contributed by atoms with Crippen molar-refractivity contribution in [2.45, 2.75) is 38.9 Å². The molecule has 1 aromatic rings. The van der Waals surface area contributed by atoms with Gasteiger partial charge in [0.25, 0.3) is 5.91 Å². The van der Waals surface area contributed by atoms with Gasteiger partial charge in [0, 0.05) is 13.2 Å². The highest BCUT2D eigenvalue weighted by Gasteiger charge is 2.52. The van der Waals surface area contributed by atoms with Crippen molar-refractivity contribution in [1.82, 2.24) is 10.3 Å². The van der Waals surface area contributed by atoms with Crippen LogP contribution in [0.3, 0.4) is 0 Å². The third-order valence-electron chi connectivity index (χ3n) is 3.84. The molecule has 0 unspecified atom stereocenters. The molecule has 1 aliphatic heterocycles. The molecule has 0 aliphatic carbocycles. The van der Waals surface area contributed by atoms with E-state index in [2.05, 4.69) is 10.3 Å². The summed E-state index contributed by atoms with van der Waals surface area (Å²) in [6.45, 7) is 7.62. The zero-order chi connectivity index (χ0) is 15.1. The summed E-state index contributed by atoms with van der Waals surface area (Å²) in [5.74, 6) is -1.17. The maximum Gasteiger partial charge on any atom is 0.514 e. The Morgan fingerprint density at radius 3 is 2.30 bits per heavy atom. The van der Waals surface area contributed by atoms with Crippen LogP contribution in [-0.4, -0.2) is 36.3 Å². The number of hydrogen-bond acceptors (Lipinski definition) is 4. The lowest BCUT2D eigenvalue weighted by atomic mass is 9.84. The summed E-state index contributed by atoms with van der Waals surface area (Å²) in [6, 6.07) is 1.17. The van der Waals surface area contributed by atoms with Gasteiger partial charge in [-0.3, -0.25) is 9.78 Å². The minimum Gasteiger partial charge on any atom is -0.398 e. The van der Waals surface area contributed by atoms with E-state index in [1.807, 2.05) is 27.7 Å². The number of nitrogens with zero attached hydrogens (tertiary/aromatic N) is 1. The molecule has 1 aromatic heterocycles. The van der Waals surface area contributed by atoms with Crippen LogP contribution in [0.25, 0.3) is 0 Å². The molecule has 2 heterocycles. The molecule has 1 fully saturated rings. The first-order valence-corrected chi connectivity index (χ1v) is 6.41. The molecule has 0 radical (unpaired) electrons. The van der Waals surface area contributed by atoms with E-state index in [9.17, 15) is 9.18 Å². The summed E-state index contributed by atoms with van der Waals surface area (Å²) in [6.07, 6.45) is 1.19. The normalized spacial score (nSPS) is 20.0. The van der Waals surface area contributed by atoms with Crippen molar-refractivity contribution >= 4 is 18.6 Å². The maximum absolute atomic E-state index is 13.9. The van der Waals surface area contributed by atoms with Gasteiger partial charge in [0.1, 0.15) is 5.82 Å². The van der Waals surface area contributed by atoms with Crippen LogP contribution < -0.4 is 10.9 Å². The molecule has 2 rings (SSSR count). The summed E-state index contributed by atoms with van der Waals surface area (Å²) >= 11 is 0. The number of halogens is 1. The molecule has 1 amide bonds. The van der Waals surface area contributed by atoms with E-state index in [0.717, 1.165) is 0 Å². The van der Waals surface area contributed by atoms with Crippen molar-refractivity contribution in [2.24, 2.45) is 0 Å². The number of rotatable bonds is 2. The lowest BCUT2D eigenvalue weighted by Gasteiger charge is -2.32. The van der Waals surface area contributed by atoms with E-state index < -0.39 is 30.0 Å². The molecule has 0 spiro atoms. The molecule has 1 N–H and O–H groups in total. The van der Waals surface area contributed by atoms with E-state index >= 15 is 0 Å². The van der Waals surface area contributed by atoms with E-state index in [4.69, 9.17) is 9.31 Å². The fourth-order valence-electron chi connectivity index (χ4n) is 1.84. The predicted molar refractivity (Wildman–Crippen MR) is 73.3 cm³/mol. The topological polar surface area (TPSA) is 60.5 Å². The van der Waals surface area contributed by atoms with Gasteiger partial charge in [0.2, 0.25) is 0 Å². The highest BCUT2D eigenvalue weighted by Crippen LogP contribution is 2.36. The zero-order valence-electron chi connectivity index (χ0n) is 12.3. The second-order valence-corrected chi connectivity index (χ2v) is 5.76. The number of nitrogens with one attached hydrogen (secondary N) is 1. The molecular formula is C13H18BFN2O3. The van der Waals surface area contributed by atoms with Gasteiger partial charge in [-0.2, -0.15) is 0 Å². The zero-order valence-corrected chi connectivity index (χ0v) is 12.3. The summed E-state index contributed by atoms with van der Waals surface area (Å²) in [7, 11) is 0.692. The Bertz CT molecular complexity index is 532. The summed E-state index contributed by atoms with van der Waals surface area (Å²) < 4.78 is 25.5. The Morgan fingerprint density at radius 2 is 1.85 bits per heavy atom. The van der Waals surface area contributed by atoms with Gasteiger partial charge in [0.15, 0.2) is 0 Å². The minimum atomic E-state index is -0.742. The summed E-state index contributed by atoms with van der Waals surface area (Å²) in [4.78, 5) is 15.5. The number of amides is 1. The number of aromatic nitrogens is 1. The van der Waals surface area contributed by atoms with Gasteiger partial charge < -0.3 is 14.6 Å². The number of pyridine rings is 1. The highest BCUT2D eigenvalue weighted by molar-refractivity contribution is 6.61. The van der Waals surface area contributed by atoms with Crippen molar-refractivity contribution in [3.63, 3.8) is 0 Å². The van der Waals surface area contributed by atoms with Crippen LogP contribution in [0.15, 0.2) is 12.3 Å². The third kappa shape index (κ3) is 2.43. The standard InChI is InChI=1S/C13H18BFN2O3/c1-12(2)13(3,4)20-14(19-12)10-6-9(15)8(7-17-10)11(18)16-5/h6-7H,1-5H3,(H,16,18). The number of carbonyl (C=O) groups is 1. The Labute approximate surface area is 118 Å². The molecular weight excluding hydrogens is 262 g/mol. The average Bonchev–Trinajstić information content (AvgIpc) is 2.57. The molecule has 20 heavy (non-hydrogen) atoms. The van der Waals surface area contributed by atoms with Gasteiger partial charge in [-0.1, -0.05) is 0 Å². The van der Waals surface area contributed by atoms with Crippen LogP contribution in [0.5, 0.6) is 0 Å². The third-order valence-corrected chi connectivity index (χ3v) is 3.84. The molecule has 7 heteroatoms. The lowest BCUT2D eigenvalue weighted by Crippen LogP contribution is -2.41. The molecule has 0 aromatic carbocycles. The van der Waals surface area contributed by atoms with Crippen LogP contribution in [0.1, 0.15) is 38.1 Å². The molecule has 1 aliphatic rings. The molecule has 0 saturated carbocycles. The quantitative estimate of drug-likeness (QED) is 0.817. The molecule has 1 saturated heterocycles. The first-order valence-electron chi connectivity index (χ1n) is 6.41. The largest absolute Gasteiger partial charge is 0.514 e. The van der Waals surface area contributed by atoms with Crippen LogP contribution in [0.2, 0.25) is 0 Å². The van der Waals surface area contributed by atoms with Gasteiger partial charge >= 0.3 is 7.12 Å². The fraction of sp³-hybridized carbons (Fsp3) is 0.538. The van der Waals surface area contributed by atoms with Gasteiger partial charge in [-0.25, -0.2) is 4.39 Å². The highest BCUT2D eigenvalue weighted by atomic mass is 19.1. The Balaban J connectivity index is 2.28. The van der Waals surface area contributed by atoms with Crippen molar-refractivity contribution in [2.75, 3.05) is 7.05 Å². The monoisotopic (exact) mass is 280 g/mol. The second-order valence-electron chi connectivity index (χ2n) is 5.76. The van der Waals surface area contributed by atoms with Gasteiger partial charge in [-0.15, -0.1) is 0 Å². The molecule has 0 atom stereocenters. The first-order chi connectivity index (χ1) is 9.18. The van der Waals surface area contributed by atoms with E-state index in [-0.39, 0.29) is 5.56 Å². The van der Waals surface area contributed by atoms with E-state index in [0.29, 0.717) is 5.59 Å². The lowest BCUT2D eigenvalue weighted by molar-refractivity contribution is 0.00578. The van der Waals surface area contributed by atoms with Gasteiger partial charge in [-0.05, 0) is 33.8 Å². The first kappa shape index (κ1) is 14.9. The smallest absolute Gasteiger partial charge is 0.398 e. The number of hydrogen-bond donors (Lipinski definition) is 1.